The topological polar surface area (TPSA) is 32.3 Å². The maximum Gasteiger partial charge on any atom is 0.0431 e. The first-order valence-electron chi connectivity index (χ1n) is 6.73. The minimum Gasteiger partial charge on any atom is -0.396 e. The lowest BCUT2D eigenvalue weighted by Gasteiger charge is -2.28. The summed E-state index contributed by atoms with van der Waals surface area (Å²) < 4.78 is 0. The first kappa shape index (κ1) is 11.4. The van der Waals surface area contributed by atoms with Crippen molar-refractivity contribution in [2.45, 2.75) is 44.9 Å². The van der Waals surface area contributed by atoms with Gasteiger partial charge in [-0.25, -0.2) is 0 Å². The van der Waals surface area contributed by atoms with Crippen molar-refractivity contribution in [2.75, 3.05) is 19.7 Å². The molecule has 2 unspecified atom stereocenters. The van der Waals surface area contributed by atoms with Gasteiger partial charge in [0.25, 0.3) is 0 Å². The zero-order chi connectivity index (χ0) is 10.5. The number of nitrogens with one attached hydrogen (secondary N) is 1. The Kier molecular flexibility index (Phi) is 4.45. The Morgan fingerprint density at radius 1 is 1.13 bits per heavy atom. The minimum absolute atomic E-state index is 0.378. The van der Waals surface area contributed by atoms with E-state index in [1.165, 1.54) is 51.6 Å². The highest BCUT2D eigenvalue weighted by Crippen LogP contribution is 2.39. The number of hydrogen-bond donors (Lipinski definition) is 2. The van der Waals surface area contributed by atoms with Crippen molar-refractivity contribution in [3.8, 4) is 0 Å². The number of aliphatic hydroxyl groups is 1. The predicted octanol–water partition coefficient (Wildman–Crippen LogP) is 2.17. The van der Waals surface area contributed by atoms with E-state index >= 15 is 0 Å². The Morgan fingerprint density at radius 2 is 1.93 bits per heavy atom. The third-order valence-electron chi connectivity index (χ3n) is 4.40. The van der Waals surface area contributed by atoms with Crippen molar-refractivity contribution < 1.29 is 5.11 Å². The van der Waals surface area contributed by atoms with Gasteiger partial charge in [-0.3, -0.25) is 0 Å². The zero-order valence-electron chi connectivity index (χ0n) is 9.75. The lowest BCUT2D eigenvalue weighted by Crippen LogP contribution is -2.24. The molecule has 2 atom stereocenters. The average molecular weight is 211 g/mol. The monoisotopic (exact) mass is 211 g/mol. The molecule has 1 aliphatic heterocycles. The first-order valence-corrected chi connectivity index (χ1v) is 6.73. The van der Waals surface area contributed by atoms with E-state index < -0.39 is 0 Å². The molecule has 2 N–H and O–H groups in total. The van der Waals surface area contributed by atoms with Gasteiger partial charge in [-0.15, -0.1) is 0 Å². The van der Waals surface area contributed by atoms with Gasteiger partial charge in [-0.2, -0.15) is 0 Å². The van der Waals surface area contributed by atoms with Crippen molar-refractivity contribution in [3.05, 3.63) is 0 Å². The van der Waals surface area contributed by atoms with Gasteiger partial charge in [0.2, 0.25) is 0 Å². The largest absolute Gasteiger partial charge is 0.396 e. The van der Waals surface area contributed by atoms with Crippen molar-refractivity contribution >= 4 is 0 Å². The minimum atomic E-state index is 0.378. The molecule has 1 heterocycles. The van der Waals surface area contributed by atoms with Gasteiger partial charge in [0, 0.05) is 6.61 Å². The third kappa shape index (κ3) is 2.94. The lowest BCUT2D eigenvalue weighted by molar-refractivity contribution is 0.197. The number of hydrogen-bond acceptors (Lipinski definition) is 2. The Morgan fingerprint density at radius 3 is 2.53 bits per heavy atom. The van der Waals surface area contributed by atoms with Crippen LogP contribution in [0.4, 0.5) is 0 Å². The van der Waals surface area contributed by atoms with E-state index in [4.69, 9.17) is 5.11 Å². The molecular formula is C13H25NO. The van der Waals surface area contributed by atoms with E-state index in [0.717, 1.165) is 24.2 Å². The Balaban J connectivity index is 1.88. The molecule has 2 fully saturated rings. The highest BCUT2D eigenvalue weighted by molar-refractivity contribution is 4.85. The predicted molar refractivity (Wildman–Crippen MR) is 62.7 cm³/mol. The normalized spacial score (nSPS) is 29.8. The molecule has 1 saturated carbocycles. The van der Waals surface area contributed by atoms with E-state index in [9.17, 15) is 0 Å². The molecule has 0 aromatic rings. The van der Waals surface area contributed by atoms with Gasteiger partial charge in [0.05, 0.1) is 0 Å². The highest BCUT2D eigenvalue weighted by atomic mass is 16.2. The number of rotatable bonds is 5. The first-order chi connectivity index (χ1) is 7.42. The summed E-state index contributed by atoms with van der Waals surface area (Å²) in [5.41, 5.74) is 0. The summed E-state index contributed by atoms with van der Waals surface area (Å²) in [6.45, 7) is 2.82. The summed E-state index contributed by atoms with van der Waals surface area (Å²) in [5, 5.41) is 12.5. The van der Waals surface area contributed by atoms with Crippen LogP contribution in [0.25, 0.3) is 0 Å². The van der Waals surface area contributed by atoms with Gasteiger partial charge in [0.1, 0.15) is 0 Å². The second-order valence-corrected chi connectivity index (χ2v) is 5.33. The van der Waals surface area contributed by atoms with Gasteiger partial charge in [-0.1, -0.05) is 25.7 Å². The van der Waals surface area contributed by atoms with Gasteiger partial charge < -0.3 is 10.4 Å². The molecule has 1 saturated heterocycles. The lowest BCUT2D eigenvalue weighted by atomic mass is 9.77. The standard InChI is InChI=1S/C13H25NO/c15-9-3-6-13(11-4-1-2-5-11)12-7-8-14-10-12/h11-15H,1-10H2. The van der Waals surface area contributed by atoms with E-state index in [0.29, 0.717) is 6.61 Å². The van der Waals surface area contributed by atoms with E-state index in [2.05, 4.69) is 5.32 Å². The number of aliphatic hydroxyl groups excluding tert-OH is 1. The third-order valence-corrected chi connectivity index (χ3v) is 4.40. The van der Waals surface area contributed by atoms with Crippen molar-refractivity contribution in [1.29, 1.82) is 0 Å². The van der Waals surface area contributed by atoms with Crippen molar-refractivity contribution in [2.24, 2.45) is 17.8 Å². The van der Waals surface area contributed by atoms with E-state index in [-0.39, 0.29) is 0 Å². The second-order valence-electron chi connectivity index (χ2n) is 5.33. The quantitative estimate of drug-likeness (QED) is 0.730. The zero-order valence-corrected chi connectivity index (χ0v) is 9.75. The summed E-state index contributed by atoms with van der Waals surface area (Å²) in [7, 11) is 0. The van der Waals surface area contributed by atoms with Crippen LogP contribution < -0.4 is 5.32 Å². The fourth-order valence-corrected chi connectivity index (χ4v) is 3.61. The molecule has 1 aliphatic carbocycles. The van der Waals surface area contributed by atoms with Crippen LogP contribution in [-0.2, 0) is 0 Å². The Hall–Kier alpha value is -0.0800. The van der Waals surface area contributed by atoms with Crippen molar-refractivity contribution in [1.82, 2.24) is 5.32 Å². The van der Waals surface area contributed by atoms with E-state index in [1.807, 2.05) is 0 Å². The summed E-state index contributed by atoms with van der Waals surface area (Å²) in [6, 6.07) is 0. The molecular weight excluding hydrogens is 186 g/mol. The SMILES string of the molecule is OCCCC(C1CCCC1)C1CCNC1. The molecule has 2 rings (SSSR count). The van der Waals surface area contributed by atoms with Crippen LogP contribution in [0, 0.1) is 17.8 Å². The van der Waals surface area contributed by atoms with Gasteiger partial charge in [-0.05, 0) is 50.1 Å². The second kappa shape index (κ2) is 5.86. The van der Waals surface area contributed by atoms with Crippen LogP contribution in [-0.4, -0.2) is 24.8 Å². The average Bonchev–Trinajstić information content (AvgIpc) is 2.90. The maximum atomic E-state index is 8.99. The van der Waals surface area contributed by atoms with E-state index in [1.54, 1.807) is 0 Å². The van der Waals surface area contributed by atoms with Gasteiger partial charge >= 0.3 is 0 Å². The van der Waals surface area contributed by atoms with Crippen molar-refractivity contribution in [3.63, 3.8) is 0 Å². The van der Waals surface area contributed by atoms with Crippen LogP contribution in [0.3, 0.4) is 0 Å². The van der Waals surface area contributed by atoms with Crippen LogP contribution in [0.5, 0.6) is 0 Å². The fourth-order valence-electron chi connectivity index (χ4n) is 3.61. The summed E-state index contributed by atoms with van der Waals surface area (Å²) in [4.78, 5) is 0. The molecule has 15 heavy (non-hydrogen) atoms. The summed E-state index contributed by atoms with van der Waals surface area (Å²) in [6.07, 6.45) is 9.43. The molecule has 0 aromatic heterocycles. The Labute approximate surface area is 93.5 Å². The van der Waals surface area contributed by atoms with Crippen LogP contribution in [0.2, 0.25) is 0 Å². The van der Waals surface area contributed by atoms with Crippen LogP contribution in [0.1, 0.15) is 44.9 Å². The van der Waals surface area contributed by atoms with Crippen LogP contribution in [0.15, 0.2) is 0 Å². The molecule has 0 spiro atoms. The molecule has 2 aliphatic rings. The molecule has 0 bridgehead atoms. The van der Waals surface area contributed by atoms with Gasteiger partial charge in [0.15, 0.2) is 0 Å². The summed E-state index contributed by atoms with van der Waals surface area (Å²) >= 11 is 0. The fraction of sp³-hybridized carbons (Fsp3) is 1.00. The molecule has 2 nitrogen and oxygen atoms in total. The Bertz CT molecular complexity index is 155. The summed E-state index contributed by atoms with van der Waals surface area (Å²) in [5.74, 6) is 2.77. The molecule has 0 aromatic carbocycles. The molecule has 0 radical (unpaired) electrons. The smallest absolute Gasteiger partial charge is 0.0431 e. The molecule has 0 amide bonds. The van der Waals surface area contributed by atoms with Crippen LogP contribution >= 0.6 is 0 Å². The maximum absolute atomic E-state index is 8.99. The molecule has 88 valence electrons. The molecule has 2 heteroatoms. The highest BCUT2D eigenvalue weighted by Gasteiger charge is 2.32.